The molecule has 2 aromatic rings. The highest BCUT2D eigenvalue weighted by Gasteiger charge is 2.12. The van der Waals surface area contributed by atoms with Crippen molar-refractivity contribution >= 4 is 23.2 Å². The molecule has 0 saturated heterocycles. The Labute approximate surface area is 149 Å². The van der Waals surface area contributed by atoms with E-state index in [1.165, 1.54) is 13.2 Å². The van der Waals surface area contributed by atoms with Crippen LogP contribution < -0.4 is 16.0 Å². The zero-order valence-corrected chi connectivity index (χ0v) is 14.1. The first kappa shape index (κ1) is 19.3. The number of ether oxygens (including phenoxy) is 1. The molecule has 0 heterocycles. The average molecular weight is 363 g/mol. The zero-order valence-electron chi connectivity index (χ0n) is 14.1. The van der Waals surface area contributed by atoms with E-state index in [1.54, 1.807) is 24.3 Å². The largest absolute Gasteiger partial charge is 0.383 e. The van der Waals surface area contributed by atoms with E-state index in [4.69, 9.17) is 4.74 Å². The van der Waals surface area contributed by atoms with Gasteiger partial charge in [-0.25, -0.2) is 8.78 Å². The molecule has 0 radical (unpaired) electrons. The number of carbonyl (C=O) groups excluding carboxylic acids is 2. The molecule has 0 aromatic heterocycles. The summed E-state index contributed by atoms with van der Waals surface area (Å²) in [5.41, 5.74) is 0.994. The Hall–Kier alpha value is -3.00. The maximum atomic E-state index is 13.2. The van der Waals surface area contributed by atoms with E-state index in [9.17, 15) is 18.4 Å². The number of benzene rings is 2. The summed E-state index contributed by atoms with van der Waals surface area (Å²) in [5.74, 6) is -2.81. The van der Waals surface area contributed by atoms with E-state index in [-0.39, 0.29) is 18.1 Å². The summed E-state index contributed by atoms with van der Waals surface area (Å²) >= 11 is 0. The van der Waals surface area contributed by atoms with Crippen molar-refractivity contribution < 1.29 is 23.1 Å². The van der Waals surface area contributed by atoms with Gasteiger partial charge in [-0.1, -0.05) is 12.1 Å². The summed E-state index contributed by atoms with van der Waals surface area (Å²) in [6.45, 7) is 0.597. The fourth-order valence-corrected chi connectivity index (χ4v) is 2.15. The van der Waals surface area contributed by atoms with Crippen molar-refractivity contribution in [3.8, 4) is 0 Å². The van der Waals surface area contributed by atoms with Crippen molar-refractivity contribution in [1.82, 2.24) is 5.32 Å². The molecule has 0 atom stereocenters. The van der Waals surface area contributed by atoms with E-state index < -0.39 is 17.5 Å². The lowest BCUT2D eigenvalue weighted by atomic mass is 10.1. The molecule has 6 nitrogen and oxygen atoms in total. The molecule has 8 heteroatoms. The van der Waals surface area contributed by atoms with E-state index in [0.717, 1.165) is 12.1 Å². The molecule has 0 aliphatic rings. The van der Waals surface area contributed by atoms with Gasteiger partial charge in [0.05, 0.1) is 18.7 Å². The third kappa shape index (κ3) is 5.52. The first-order valence-electron chi connectivity index (χ1n) is 7.86. The Balaban J connectivity index is 1.95. The van der Waals surface area contributed by atoms with Crippen molar-refractivity contribution in [3.05, 3.63) is 59.7 Å². The van der Waals surface area contributed by atoms with Crippen molar-refractivity contribution in [2.45, 2.75) is 0 Å². The molecule has 138 valence electrons. The average Bonchev–Trinajstić information content (AvgIpc) is 2.63. The Morgan fingerprint density at radius 2 is 1.85 bits per heavy atom. The van der Waals surface area contributed by atoms with Crippen LogP contribution in [0.15, 0.2) is 42.5 Å². The number of hydrogen-bond acceptors (Lipinski definition) is 4. The standard InChI is InChI=1S/C18H19F2N3O3/c1-26-9-8-21-18(25)13-4-2-3-5-16(13)22-11-17(24)23-12-6-7-14(19)15(20)10-12/h2-7,10,22H,8-9,11H2,1H3,(H,21,25)(H,23,24). The monoisotopic (exact) mass is 363 g/mol. The SMILES string of the molecule is COCCNC(=O)c1ccccc1NCC(=O)Nc1ccc(F)c(F)c1. The quantitative estimate of drug-likeness (QED) is 0.629. The Kier molecular flexibility index (Phi) is 7.04. The number of para-hydroxylation sites is 1. The third-order valence-corrected chi connectivity index (χ3v) is 3.41. The number of carbonyl (C=O) groups is 2. The van der Waals surface area contributed by atoms with Crippen molar-refractivity contribution in [2.24, 2.45) is 0 Å². The van der Waals surface area contributed by atoms with Gasteiger partial charge >= 0.3 is 0 Å². The lowest BCUT2D eigenvalue weighted by Crippen LogP contribution is -2.28. The number of halogens is 2. The molecule has 2 amide bonds. The lowest BCUT2D eigenvalue weighted by Gasteiger charge is -2.12. The first-order valence-corrected chi connectivity index (χ1v) is 7.86. The summed E-state index contributed by atoms with van der Waals surface area (Å²) in [6, 6.07) is 9.79. The van der Waals surface area contributed by atoms with Gasteiger partial charge in [0, 0.05) is 31.1 Å². The Morgan fingerprint density at radius 3 is 2.58 bits per heavy atom. The van der Waals surface area contributed by atoms with Gasteiger partial charge in [-0.15, -0.1) is 0 Å². The molecule has 0 spiro atoms. The van der Waals surface area contributed by atoms with Gasteiger partial charge in [-0.05, 0) is 24.3 Å². The molecule has 0 aliphatic heterocycles. The van der Waals surface area contributed by atoms with Gasteiger partial charge in [0.1, 0.15) is 0 Å². The topological polar surface area (TPSA) is 79.5 Å². The molecule has 0 saturated carbocycles. The van der Waals surface area contributed by atoms with Crippen LogP contribution in [-0.4, -0.2) is 38.6 Å². The maximum Gasteiger partial charge on any atom is 0.253 e. The van der Waals surface area contributed by atoms with E-state index in [1.807, 2.05) is 0 Å². The van der Waals surface area contributed by atoms with Crippen molar-refractivity contribution in [3.63, 3.8) is 0 Å². The van der Waals surface area contributed by atoms with Gasteiger partial charge in [0.15, 0.2) is 11.6 Å². The number of hydrogen-bond donors (Lipinski definition) is 3. The molecular formula is C18H19F2N3O3. The fraction of sp³-hybridized carbons (Fsp3) is 0.222. The highest BCUT2D eigenvalue weighted by Crippen LogP contribution is 2.15. The highest BCUT2D eigenvalue weighted by atomic mass is 19.2. The predicted octanol–water partition coefficient (Wildman–Crippen LogP) is 2.39. The first-order chi connectivity index (χ1) is 12.5. The van der Waals surface area contributed by atoms with Crippen LogP contribution in [-0.2, 0) is 9.53 Å². The van der Waals surface area contributed by atoms with Gasteiger partial charge in [0.25, 0.3) is 5.91 Å². The summed E-state index contributed by atoms with van der Waals surface area (Å²) in [4.78, 5) is 24.1. The van der Waals surface area contributed by atoms with Crippen molar-refractivity contribution in [1.29, 1.82) is 0 Å². The number of amides is 2. The Bertz CT molecular complexity index is 784. The minimum Gasteiger partial charge on any atom is -0.383 e. The Morgan fingerprint density at radius 1 is 1.08 bits per heavy atom. The third-order valence-electron chi connectivity index (χ3n) is 3.41. The lowest BCUT2D eigenvalue weighted by molar-refractivity contribution is -0.114. The summed E-state index contributed by atoms with van der Waals surface area (Å²) < 4.78 is 30.9. The summed E-state index contributed by atoms with van der Waals surface area (Å²) in [7, 11) is 1.53. The predicted molar refractivity (Wildman–Crippen MR) is 94.1 cm³/mol. The molecule has 0 unspecified atom stereocenters. The van der Waals surface area contributed by atoms with E-state index >= 15 is 0 Å². The normalized spacial score (nSPS) is 10.3. The van der Waals surface area contributed by atoms with Crippen LogP contribution in [0.2, 0.25) is 0 Å². The van der Waals surface area contributed by atoms with Crippen LogP contribution in [0.5, 0.6) is 0 Å². The van der Waals surface area contributed by atoms with Crippen LogP contribution in [0.1, 0.15) is 10.4 Å². The zero-order chi connectivity index (χ0) is 18.9. The van der Waals surface area contributed by atoms with Crippen LogP contribution >= 0.6 is 0 Å². The van der Waals surface area contributed by atoms with E-state index in [2.05, 4.69) is 16.0 Å². The van der Waals surface area contributed by atoms with Gasteiger partial charge in [0.2, 0.25) is 5.91 Å². The molecule has 0 aliphatic carbocycles. The van der Waals surface area contributed by atoms with E-state index in [0.29, 0.717) is 24.4 Å². The molecule has 26 heavy (non-hydrogen) atoms. The minimum atomic E-state index is -1.05. The van der Waals surface area contributed by atoms with Crippen LogP contribution in [0.4, 0.5) is 20.2 Å². The minimum absolute atomic E-state index is 0.140. The van der Waals surface area contributed by atoms with Crippen molar-refractivity contribution in [2.75, 3.05) is 37.4 Å². The molecule has 2 aromatic carbocycles. The second-order valence-corrected chi connectivity index (χ2v) is 5.32. The molecular weight excluding hydrogens is 344 g/mol. The second-order valence-electron chi connectivity index (χ2n) is 5.32. The number of anilines is 2. The van der Waals surface area contributed by atoms with Crippen LogP contribution in [0, 0.1) is 11.6 Å². The maximum absolute atomic E-state index is 13.2. The summed E-state index contributed by atoms with van der Waals surface area (Å²) in [6.07, 6.45) is 0. The summed E-state index contributed by atoms with van der Waals surface area (Å²) in [5, 5.41) is 8.00. The van der Waals surface area contributed by atoms with Crippen LogP contribution in [0.3, 0.4) is 0 Å². The number of methoxy groups -OCH3 is 1. The van der Waals surface area contributed by atoms with Crippen LogP contribution in [0.25, 0.3) is 0 Å². The van der Waals surface area contributed by atoms with Gasteiger partial charge in [-0.3, -0.25) is 9.59 Å². The molecule has 0 bridgehead atoms. The smallest absolute Gasteiger partial charge is 0.253 e. The van der Waals surface area contributed by atoms with Gasteiger partial charge in [-0.2, -0.15) is 0 Å². The second kappa shape index (κ2) is 9.47. The fourth-order valence-electron chi connectivity index (χ4n) is 2.15. The number of rotatable bonds is 8. The number of nitrogens with one attached hydrogen (secondary N) is 3. The highest BCUT2D eigenvalue weighted by molar-refractivity contribution is 6.00. The molecule has 3 N–H and O–H groups in total. The molecule has 2 rings (SSSR count). The molecule has 0 fully saturated rings. The van der Waals surface area contributed by atoms with Gasteiger partial charge < -0.3 is 20.7 Å².